The van der Waals surface area contributed by atoms with E-state index in [-0.39, 0.29) is 0 Å². The van der Waals surface area contributed by atoms with Gasteiger partial charge in [-0.25, -0.2) is 9.97 Å². The van der Waals surface area contributed by atoms with Crippen molar-refractivity contribution >= 4 is 22.9 Å². The minimum Gasteiger partial charge on any atom is -0.312 e. The third kappa shape index (κ3) is 2.86. The molecule has 0 fully saturated rings. The second kappa shape index (κ2) is 6.48. The van der Waals surface area contributed by atoms with Crippen LogP contribution in [0.1, 0.15) is 25.3 Å². The Morgan fingerprint density at radius 2 is 2.14 bits per heavy atom. The van der Waals surface area contributed by atoms with E-state index in [0.29, 0.717) is 0 Å². The molecule has 0 spiro atoms. The maximum absolute atomic E-state index is 4.79. The Kier molecular flexibility index (Phi) is 4.43. The molecule has 0 radical (unpaired) electrons. The Hall–Kier alpha value is -1.88. The van der Waals surface area contributed by atoms with Crippen LogP contribution in [0.4, 0.5) is 0 Å². The van der Waals surface area contributed by atoms with Gasteiger partial charge in [-0.15, -0.1) is 11.8 Å². The first-order chi connectivity index (χ1) is 10.7. The number of aromatic nitrogens is 4. The maximum atomic E-state index is 4.79. The number of pyridine rings is 2. The Labute approximate surface area is 135 Å². The highest BCUT2D eigenvalue weighted by molar-refractivity contribution is 7.99. The standard InChI is InChI=1S/C17H20N4S/c1-4-5-8-22-15-11-18-7-6-13(15)16-20-14-9-12(2)10-19-17(14)21(16)3/h6-7,9-11H,4-5,8H2,1-3H3. The van der Waals surface area contributed by atoms with Crippen LogP contribution in [0.3, 0.4) is 0 Å². The van der Waals surface area contributed by atoms with E-state index in [2.05, 4.69) is 27.5 Å². The van der Waals surface area contributed by atoms with E-state index in [1.807, 2.05) is 50.4 Å². The molecule has 0 aliphatic heterocycles. The first-order valence-electron chi connectivity index (χ1n) is 7.57. The molecule has 0 atom stereocenters. The normalized spacial score (nSPS) is 11.2. The zero-order chi connectivity index (χ0) is 15.5. The van der Waals surface area contributed by atoms with Gasteiger partial charge in [0.1, 0.15) is 11.3 Å². The van der Waals surface area contributed by atoms with E-state index >= 15 is 0 Å². The summed E-state index contributed by atoms with van der Waals surface area (Å²) in [6.07, 6.45) is 8.07. The van der Waals surface area contributed by atoms with Gasteiger partial charge in [0.2, 0.25) is 0 Å². The third-order valence-electron chi connectivity index (χ3n) is 3.63. The number of imidazole rings is 1. The second-order valence-corrected chi connectivity index (χ2v) is 6.56. The minimum atomic E-state index is 0.918. The molecule has 0 N–H and O–H groups in total. The van der Waals surface area contributed by atoms with Crippen molar-refractivity contribution < 1.29 is 0 Å². The number of hydrogen-bond donors (Lipinski definition) is 0. The fraction of sp³-hybridized carbons (Fsp3) is 0.353. The van der Waals surface area contributed by atoms with Gasteiger partial charge in [0.25, 0.3) is 0 Å². The second-order valence-electron chi connectivity index (χ2n) is 5.42. The lowest BCUT2D eigenvalue weighted by Crippen LogP contribution is -1.96. The summed E-state index contributed by atoms with van der Waals surface area (Å²) in [6.45, 7) is 4.25. The van der Waals surface area contributed by atoms with Gasteiger partial charge in [0, 0.05) is 36.1 Å². The quantitative estimate of drug-likeness (QED) is 0.522. The van der Waals surface area contributed by atoms with Crippen LogP contribution >= 0.6 is 11.8 Å². The highest BCUT2D eigenvalue weighted by Crippen LogP contribution is 2.31. The zero-order valence-corrected chi connectivity index (χ0v) is 14.0. The van der Waals surface area contributed by atoms with Crippen LogP contribution in [0.5, 0.6) is 0 Å². The van der Waals surface area contributed by atoms with Gasteiger partial charge in [-0.2, -0.15) is 0 Å². The molecule has 22 heavy (non-hydrogen) atoms. The molecule has 0 aliphatic rings. The van der Waals surface area contributed by atoms with Crippen LogP contribution < -0.4 is 0 Å². The third-order valence-corrected chi connectivity index (χ3v) is 4.76. The van der Waals surface area contributed by atoms with E-state index in [0.717, 1.165) is 33.9 Å². The van der Waals surface area contributed by atoms with E-state index < -0.39 is 0 Å². The molecule has 0 saturated heterocycles. The lowest BCUT2D eigenvalue weighted by molar-refractivity contribution is 0.895. The molecule has 0 bridgehead atoms. The molecule has 5 heteroatoms. The summed E-state index contributed by atoms with van der Waals surface area (Å²) in [5.74, 6) is 2.06. The topological polar surface area (TPSA) is 43.6 Å². The van der Waals surface area contributed by atoms with E-state index in [1.54, 1.807) is 0 Å². The Balaban J connectivity index is 2.05. The predicted molar refractivity (Wildman–Crippen MR) is 92.1 cm³/mol. The van der Waals surface area contributed by atoms with E-state index in [4.69, 9.17) is 4.98 Å². The summed E-state index contributed by atoms with van der Waals surface area (Å²) < 4.78 is 2.06. The summed E-state index contributed by atoms with van der Waals surface area (Å²) in [7, 11) is 2.02. The number of fused-ring (bicyclic) bond motifs is 1. The van der Waals surface area contributed by atoms with Crippen LogP contribution in [-0.2, 0) is 7.05 Å². The molecule has 0 aliphatic carbocycles. The molecule has 0 amide bonds. The lowest BCUT2D eigenvalue weighted by atomic mass is 10.2. The maximum Gasteiger partial charge on any atom is 0.160 e. The summed E-state index contributed by atoms with van der Waals surface area (Å²) in [4.78, 5) is 14.8. The van der Waals surface area contributed by atoms with Gasteiger partial charge < -0.3 is 4.57 Å². The molecular formula is C17H20N4S. The zero-order valence-electron chi connectivity index (χ0n) is 13.2. The van der Waals surface area contributed by atoms with Crippen LogP contribution in [-0.4, -0.2) is 25.3 Å². The molecule has 3 heterocycles. The highest BCUT2D eigenvalue weighted by atomic mass is 32.2. The van der Waals surface area contributed by atoms with Crippen LogP contribution in [0.25, 0.3) is 22.6 Å². The Morgan fingerprint density at radius 3 is 2.95 bits per heavy atom. The molecule has 0 unspecified atom stereocenters. The SMILES string of the molecule is CCCCSc1cnccc1-c1nc2cc(C)cnc2n1C. The Morgan fingerprint density at radius 1 is 1.27 bits per heavy atom. The van der Waals surface area contributed by atoms with Crippen LogP contribution in [0.2, 0.25) is 0 Å². The number of thioether (sulfide) groups is 1. The number of nitrogens with zero attached hydrogens (tertiary/aromatic N) is 4. The fourth-order valence-electron chi connectivity index (χ4n) is 2.42. The average molecular weight is 312 g/mol. The van der Waals surface area contributed by atoms with Crippen LogP contribution in [0, 0.1) is 6.92 Å². The minimum absolute atomic E-state index is 0.918. The van der Waals surface area contributed by atoms with Gasteiger partial charge in [-0.05, 0) is 36.8 Å². The summed E-state index contributed by atoms with van der Waals surface area (Å²) in [6, 6.07) is 4.12. The van der Waals surface area contributed by atoms with Crippen molar-refractivity contribution in [3.8, 4) is 11.4 Å². The smallest absolute Gasteiger partial charge is 0.160 e. The predicted octanol–water partition coefficient (Wildman–Crippen LogP) is 4.23. The number of hydrogen-bond acceptors (Lipinski definition) is 4. The molecule has 3 rings (SSSR count). The van der Waals surface area contributed by atoms with Crippen LogP contribution in [0.15, 0.2) is 35.6 Å². The number of aryl methyl sites for hydroxylation is 2. The summed E-state index contributed by atoms with van der Waals surface area (Å²) in [5.41, 5.74) is 4.12. The fourth-order valence-corrected chi connectivity index (χ4v) is 3.53. The molecule has 114 valence electrons. The number of rotatable bonds is 5. The molecule has 0 aromatic carbocycles. The Bertz CT molecular complexity index is 794. The van der Waals surface area contributed by atoms with E-state index in [1.165, 1.54) is 17.7 Å². The van der Waals surface area contributed by atoms with Gasteiger partial charge in [-0.3, -0.25) is 4.98 Å². The molecular weight excluding hydrogens is 292 g/mol. The monoisotopic (exact) mass is 312 g/mol. The molecule has 3 aromatic rings. The van der Waals surface area contributed by atoms with Crippen molar-refractivity contribution in [2.24, 2.45) is 7.05 Å². The van der Waals surface area contributed by atoms with Crippen molar-refractivity contribution in [3.63, 3.8) is 0 Å². The summed E-state index contributed by atoms with van der Waals surface area (Å²) >= 11 is 1.85. The van der Waals surface area contributed by atoms with Gasteiger partial charge in [0.05, 0.1) is 0 Å². The summed E-state index contributed by atoms with van der Waals surface area (Å²) in [5, 5.41) is 0. The molecule has 3 aromatic heterocycles. The number of unbranched alkanes of at least 4 members (excludes halogenated alkanes) is 1. The van der Waals surface area contributed by atoms with Crippen molar-refractivity contribution in [2.75, 3.05) is 5.75 Å². The van der Waals surface area contributed by atoms with Gasteiger partial charge >= 0.3 is 0 Å². The van der Waals surface area contributed by atoms with Crippen molar-refractivity contribution in [3.05, 3.63) is 36.3 Å². The first-order valence-corrected chi connectivity index (χ1v) is 8.55. The van der Waals surface area contributed by atoms with Gasteiger partial charge in [-0.1, -0.05) is 13.3 Å². The lowest BCUT2D eigenvalue weighted by Gasteiger charge is -2.08. The molecule has 0 saturated carbocycles. The van der Waals surface area contributed by atoms with Crippen molar-refractivity contribution in [1.29, 1.82) is 0 Å². The molecule has 4 nitrogen and oxygen atoms in total. The van der Waals surface area contributed by atoms with Crippen molar-refractivity contribution in [2.45, 2.75) is 31.6 Å². The average Bonchev–Trinajstić information content (AvgIpc) is 2.84. The van der Waals surface area contributed by atoms with Gasteiger partial charge in [0.15, 0.2) is 5.65 Å². The largest absolute Gasteiger partial charge is 0.312 e. The van der Waals surface area contributed by atoms with E-state index in [9.17, 15) is 0 Å². The highest BCUT2D eigenvalue weighted by Gasteiger charge is 2.14. The first kappa shape index (κ1) is 15.0. The van der Waals surface area contributed by atoms with Crippen molar-refractivity contribution in [1.82, 2.24) is 19.5 Å².